The van der Waals surface area contributed by atoms with Gasteiger partial charge in [-0.1, -0.05) is 29.0 Å². The summed E-state index contributed by atoms with van der Waals surface area (Å²) in [4.78, 5) is 54.4. The fourth-order valence-corrected chi connectivity index (χ4v) is 7.07. The van der Waals surface area contributed by atoms with Crippen LogP contribution in [0.3, 0.4) is 0 Å². The summed E-state index contributed by atoms with van der Waals surface area (Å²) in [5, 5.41) is 2.79. The van der Waals surface area contributed by atoms with Gasteiger partial charge in [0.1, 0.15) is 21.4 Å². The molecule has 214 valence electrons. The summed E-state index contributed by atoms with van der Waals surface area (Å²) in [5.41, 5.74) is 0.892. The maximum absolute atomic E-state index is 12.7. The van der Waals surface area contributed by atoms with Crippen LogP contribution in [-0.4, -0.2) is 61.5 Å². The van der Waals surface area contributed by atoms with Crippen LogP contribution in [0.25, 0.3) is 10.2 Å². The number of thiazole rings is 1. The molecule has 2 aromatic heterocycles. The third kappa shape index (κ3) is 7.44. The molecule has 1 N–H and O–H groups in total. The Morgan fingerprint density at radius 1 is 1.10 bits per heavy atom. The average molecular weight is 628 g/mol. The number of anilines is 1. The smallest absolute Gasteiger partial charge is 0.348 e. The molecule has 3 rings (SSSR count). The molecule has 15 heteroatoms. The first-order valence-electron chi connectivity index (χ1n) is 11.9. The number of thiophene rings is 1. The van der Waals surface area contributed by atoms with Crippen LogP contribution >= 0.6 is 34.3 Å². The standard InChI is InChI=1S/C25H26ClN3O8S3/c1-5-10-29-16-9-8-15(26)11-17(16)38-25(29)28-19(31)13-40(34,35)12-18(30)27-22-20(23(32)36-6-2)14(4)21(39-22)24(33)37-7-3/h5,8-9,11H,1,6-7,10,12-13H2,2-4H3,(H,27,30). The zero-order chi connectivity index (χ0) is 29.6. The topological polar surface area (TPSA) is 150 Å². The first-order chi connectivity index (χ1) is 18.9. The molecule has 11 nitrogen and oxygen atoms in total. The molecule has 0 saturated heterocycles. The van der Waals surface area contributed by atoms with Gasteiger partial charge < -0.3 is 19.4 Å². The molecule has 0 atom stereocenters. The third-order valence-corrected chi connectivity index (χ3v) is 9.06. The quantitative estimate of drug-likeness (QED) is 0.249. The number of allylic oxidation sites excluding steroid dienone is 1. The van der Waals surface area contributed by atoms with Crippen LogP contribution < -0.4 is 10.1 Å². The average Bonchev–Trinajstić information content (AvgIpc) is 3.34. The minimum absolute atomic E-state index is 0.0376. The van der Waals surface area contributed by atoms with E-state index in [1.54, 1.807) is 42.7 Å². The summed E-state index contributed by atoms with van der Waals surface area (Å²) in [6.07, 6.45) is 1.61. The van der Waals surface area contributed by atoms with Gasteiger partial charge in [-0.25, -0.2) is 18.0 Å². The van der Waals surface area contributed by atoms with E-state index in [0.29, 0.717) is 11.6 Å². The maximum Gasteiger partial charge on any atom is 0.348 e. The summed E-state index contributed by atoms with van der Waals surface area (Å²) in [6.45, 7) is 8.84. The number of nitrogens with one attached hydrogen (secondary N) is 1. The van der Waals surface area contributed by atoms with Crippen molar-refractivity contribution in [3.63, 3.8) is 0 Å². The largest absolute Gasteiger partial charge is 0.462 e. The van der Waals surface area contributed by atoms with E-state index in [1.165, 1.54) is 6.92 Å². The van der Waals surface area contributed by atoms with Gasteiger partial charge >= 0.3 is 11.9 Å². The van der Waals surface area contributed by atoms with E-state index in [2.05, 4.69) is 16.9 Å². The number of amides is 2. The molecule has 0 spiro atoms. The van der Waals surface area contributed by atoms with Gasteiger partial charge in [0.2, 0.25) is 5.91 Å². The van der Waals surface area contributed by atoms with E-state index in [1.807, 2.05) is 0 Å². The highest BCUT2D eigenvalue weighted by atomic mass is 35.5. The molecule has 0 saturated carbocycles. The number of nitrogens with zero attached hydrogens (tertiary/aromatic N) is 2. The number of halogens is 1. The lowest BCUT2D eigenvalue weighted by molar-refractivity contribution is -0.115. The van der Waals surface area contributed by atoms with Crippen LogP contribution in [0.15, 0.2) is 35.8 Å². The number of sulfone groups is 1. The molecular weight excluding hydrogens is 602 g/mol. The lowest BCUT2D eigenvalue weighted by Crippen LogP contribution is -2.28. The number of aromatic nitrogens is 1. The van der Waals surface area contributed by atoms with Crippen molar-refractivity contribution in [1.82, 2.24) is 4.57 Å². The van der Waals surface area contributed by atoms with E-state index in [0.717, 1.165) is 32.9 Å². The van der Waals surface area contributed by atoms with Crippen molar-refractivity contribution in [3.8, 4) is 0 Å². The Kier molecular flexibility index (Phi) is 10.4. The molecule has 0 aliphatic rings. The Labute approximate surface area is 243 Å². The second-order valence-corrected chi connectivity index (χ2v) is 12.7. The molecule has 0 radical (unpaired) electrons. The molecule has 1 aromatic carbocycles. The molecule has 2 amide bonds. The van der Waals surface area contributed by atoms with Crippen LogP contribution in [0.5, 0.6) is 0 Å². The number of esters is 2. The van der Waals surface area contributed by atoms with Crippen LogP contribution in [0.2, 0.25) is 5.02 Å². The highest BCUT2D eigenvalue weighted by molar-refractivity contribution is 7.92. The van der Waals surface area contributed by atoms with Gasteiger partial charge in [0.25, 0.3) is 5.91 Å². The molecule has 0 unspecified atom stereocenters. The van der Waals surface area contributed by atoms with Gasteiger partial charge in [-0.05, 0) is 44.5 Å². The fraction of sp³-hybridized carbons (Fsp3) is 0.320. The summed E-state index contributed by atoms with van der Waals surface area (Å²) in [7, 11) is -4.26. The van der Waals surface area contributed by atoms with Gasteiger partial charge in [0.05, 0.1) is 29.0 Å². The lowest BCUT2D eigenvalue weighted by Gasteiger charge is -2.07. The second kappa shape index (κ2) is 13.4. The number of hydrogen-bond donors (Lipinski definition) is 1. The SMILES string of the molecule is C=CCn1c(=NC(=O)CS(=O)(=O)CC(=O)Nc2sc(C(=O)OCC)c(C)c2C(=O)OCC)sc2cc(Cl)ccc21. The van der Waals surface area contributed by atoms with Gasteiger partial charge in [-0.3, -0.25) is 9.59 Å². The van der Waals surface area contributed by atoms with E-state index < -0.39 is 45.1 Å². The summed E-state index contributed by atoms with van der Waals surface area (Å²) in [6, 6.07) is 5.14. The van der Waals surface area contributed by atoms with Crippen molar-refractivity contribution in [3.05, 3.63) is 56.7 Å². The molecule has 0 bridgehead atoms. The van der Waals surface area contributed by atoms with Gasteiger partial charge in [0, 0.05) is 11.6 Å². The van der Waals surface area contributed by atoms with Crippen LogP contribution in [0.1, 0.15) is 39.4 Å². The van der Waals surface area contributed by atoms with Crippen molar-refractivity contribution >= 4 is 83.1 Å². The van der Waals surface area contributed by atoms with Crippen LogP contribution in [-0.2, 0) is 35.4 Å². The van der Waals surface area contributed by atoms with Crippen LogP contribution in [0, 0.1) is 6.92 Å². The fourth-order valence-electron chi connectivity index (χ4n) is 3.62. The number of carbonyl (C=O) groups is 4. The second-order valence-electron chi connectivity index (χ2n) is 8.18. The van der Waals surface area contributed by atoms with Crippen molar-refractivity contribution in [1.29, 1.82) is 0 Å². The number of hydrogen-bond acceptors (Lipinski definition) is 10. The number of benzene rings is 1. The van der Waals surface area contributed by atoms with E-state index >= 15 is 0 Å². The zero-order valence-corrected chi connectivity index (χ0v) is 25.0. The predicted molar refractivity (Wildman–Crippen MR) is 154 cm³/mol. The monoisotopic (exact) mass is 627 g/mol. The maximum atomic E-state index is 12.7. The molecule has 40 heavy (non-hydrogen) atoms. The number of fused-ring (bicyclic) bond motifs is 1. The summed E-state index contributed by atoms with van der Waals surface area (Å²) < 4.78 is 37.9. The third-order valence-electron chi connectivity index (χ3n) is 5.21. The first kappa shape index (κ1) is 31.2. The molecule has 0 aliphatic heterocycles. The Bertz CT molecular complexity index is 1670. The molecule has 2 heterocycles. The van der Waals surface area contributed by atoms with Crippen molar-refractivity contribution in [2.45, 2.75) is 27.3 Å². The molecule has 0 aliphatic carbocycles. The Balaban J connectivity index is 1.82. The highest BCUT2D eigenvalue weighted by Crippen LogP contribution is 2.34. The van der Waals surface area contributed by atoms with Crippen molar-refractivity contribution in [2.24, 2.45) is 4.99 Å². The van der Waals surface area contributed by atoms with E-state index in [9.17, 15) is 27.6 Å². The van der Waals surface area contributed by atoms with E-state index in [-0.39, 0.29) is 39.0 Å². The van der Waals surface area contributed by atoms with Crippen molar-refractivity contribution in [2.75, 3.05) is 30.0 Å². The summed E-state index contributed by atoms with van der Waals surface area (Å²) in [5.74, 6) is -5.55. The minimum Gasteiger partial charge on any atom is -0.462 e. The van der Waals surface area contributed by atoms with Crippen LogP contribution in [0.4, 0.5) is 5.00 Å². The minimum atomic E-state index is -4.26. The normalized spacial score (nSPS) is 11.8. The first-order valence-corrected chi connectivity index (χ1v) is 15.7. The number of carbonyl (C=O) groups excluding carboxylic acids is 4. The Morgan fingerprint density at radius 3 is 2.42 bits per heavy atom. The number of ether oxygens (including phenoxy) is 2. The van der Waals surface area contributed by atoms with Gasteiger partial charge in [-0.15, -0.1) is 17.9 Å². The predicted octanol–water partition coefficient (Wildman–Crippen LogP) is 3.75. The molecular formula is C25H26ClN3O8S3. The lowest BCUT2D eigenvalue weighted by atomic mass is 10.1. The molecule has 0 fully saturated rings. The molecule has 3 aromatic rings. The Morgan fingerprint density at radius 2 is 1.77 bits per heavy atom. The van der Waals surface area contributed by atoms with Gasteiger partial charge in [0.15, 0.2) is 14.6 Å². The zero-order valence-electron chi connectivity index (χ0n) is 21.8. The summed E-state index contributed by atoms with van der Waals surface area (Å²) >= 11 is 7.97. The van der Waals surface area contributed by atoms with Crippen molar-refractivity contribution < 1.29 is 37.1 Å². The van der Waals surface area contributed by atoms with Gasteiger partial charge in [-0.2, -0.15) is 4.99 Å². The van der Waals surface area contributed by atoms with E-state index in [4.69, 9.17) is 21.1 Å². The highest BCUT2D eigenvalue weighted by Gasteiger charge is 2.29. The Hall–Kier alpha value is -3.33. The number of rotatable bonds is 11.